The van der Waals surface area contributed by atoms with Crippen LogP contribution in [-0.4, -0.2) is 84.1 Å². The Morgan fingerprint density at radius 3 is 2.72 bits per heavy atom. The fraction of sp³-hybridized carbons (Fsp3) is 0.609. The molecule has 3 heterocycles. The number of aromatic nitrogens is 3. The van der Waals surface area contributed by atoms with Crippen molar-refractivity contribution in [2.75, 3.05) is 57.4 Å². The molecule has 0 aliphatic carbocycles. The first-order valence-corrected chi connectivity index (χ1v) is 11.7. The summed E-state index contributed by atoms with van der Waals surface area (Å²) in [4.78, 5) is 9.73. The van der Waals surface area contributed by atoms with Crippen LogP contribution in [0.3, 0.4) is 0 Å². The van der Waals surface area contributed by atoms with E-state index in [2.05, 4.69) is 61.0 Å². The molecule has 0 radical (unpaired) electrons. The number of hydrogen-bond donors (Lipinski definition) is 2. The molecule has 4 rings (SSSR count). The van der Waals surface area contributed by atoms with E-state index >= 15 is 0 Å². The molecule has 2 aliphatic rings. The van der Waals surface area contributed by atoms with E-state index in [4.69, 9.17) is 9.73 Å². The van der Waals surface area contributed by atoms with Crippen molar-refractivity contribution in [2.24, 2.45) is 12.0 Å². The maximum absolute atomic E-state index is 5.44. The Kier molecular flexibility index (Phi) is 7.95. The highest BCUT2D eigenvalue weighted by molar-refractivity contribution is 5.80. The standard InChI is InChI=1S/C23H36N8O/c1-19-27-28-22(29(19)2)17-25-23(24-10-6-11-30-13-15-32-16-14-30)26-20-9-12-31(18-20)21-7-4-3-5-8-21/h3-5,7-8,20H,6,9-18H2,1-2H3,(H2,24,25,26). The van der Waals surface area contributed by atoms with Gasteiger partial charge in [0.1, 0.15) is 12.4 Å². The normalized spacial score (nSPS) is 20.0. The third kappa shape index (κ3) is 6.20. The maximum atomic E-state index is 5.44. The Bertz CT molecular complexity index is 862. The molecular weight excluding hydrogens is 404 g/mol. The Hall–Kier alpha value is -2.65. The molecule has 9 nitrogen and oxygen atoms in total. The van der Waals surface area contributed by atoms with Gasteiger partial charge in [-0.3, -0.25) is 4.90 Å². The van der Waals surface area contributed by atoms with Crippen molar-refractivity contribution >= 4 is 11.6 Å². The van der Waals surface area contributed by atoms with Crippen LogP contribution in [0.4, 0.5) is 5.69 Å². The quantitative estimate of drug-likeness (QED) is 0.362. The molecule has 0 bridgehead atoms. The Morgan fingerprint density at radius 1 is 1.16 bits per heavy atom. The average Bonchev–Trinajstić information content (AvgIpc) is 3.43. The monoisotopic (exact) mass is 440 g/mol. The van der Waals surface area contributed by atoms with Gasteiger partial charge in [0.25, 0.3) is 0 Å². The molecule has 1 atom stereocenters. The molecule has 0 amide bonds. The van der Waals surface area contributed by atoms with Crippen molar-refractivity contribution in [1.29, 1.82) is 0 Å². The molecule has 1 unspecified atom stereocenters. The fourth-order valence-corrected chi connectivity index (χ4v) is 4.17. The first-order valence-electron chi connectivity index (χ1n) is 11.7. The molecule has 174 valence electrons. The fourth-order valence-electron chi connectivity index (χ4n) is 4.17. The average molecular weight is 441 g/mol. The van der Waals surface area contributed by atoms with E-state index in [1.165, 1.54) is 5.69 Å². The summed E-state index contributed by atoms with van der Waals surface area (Å²) >= 11 is 0. The number of rotatable bonds is 8. The number of aliphatic imine (C=N–C) groups is 1. The van der Waals surface area contributed by atoms with Crippen LogP contribution >= 0.6 is 0 Å². The van der Waals surface area contributed by atoms with E-state index in [0.29, 0.717) is 12.6 Å². The molecule has 2 aromatic rings. The lowest BCUT2D eigenvalue weighted by Crippen LogP contribution is -2.45. The molecule has 9 heteroatoms. The summed E-state index contributed by atoms with van der Waals surface area (Å²) in [5, 5.41) is 15.6. The molecule has 0 spiro atoms. The topological polar surface area (TPSA) is 82.8 Å². The summed E-state index contributed by atoms with van der Waals surface area (Å²) in [5.41, 5.74) is 1.28. The lowest BCUT2D eigenvalue weighted by molar-refractivity contribution is 0.0376. The highest BCUT2D eigenvalue weighted by Gasteiger charge is 2.23. The van der Waals surface area contributed by atoms with Crippen LogP contribution in [0.5, 0.6) is 0 Å². The smallest absolute Gasteiger partial charge is 0.191 e. The molecule has 32 heavy (non-hydrogen) atoms. The van der Waals surface area contributed by atoms with E-state index in [0.717, 1.165) is 82.9 Å². The summed E-state index contributed by atoms with van der Waals surface area (Å²) in [7, 11) is 1.98. The van der Waals surface area contributed by atoms with Crippen molar-refractivity contribution < 1.29 is 4.74 Å². The lowest BCUT2D eigenvalue weighted by Gasteiger charge is -2.26. The highest BCUT2D eigenvalue weighted by Crippen LogP contribution is 2.19. The molecule has 0 saturated carbocycles. The number of benzene rings is 1. The molecular formula is C23H36N8O. The van der Waals surface area contributed by atoms with Crippen molar-refractivity contribution in [3.05, 3.63) is 42.0 Å². The number of anilines is 1. The van der Waals surface area contributed by atoms with Gasteiger partial charge < -0.3 is 24.8 Å². The molecule has 2 saturated heterocycles. The number of ether oxygens (including phenoxy) is 1. The van der Waals surface area contributed by atoms with Gasteiger partial charge >= 0.3 is 0 Å². The summed E-state index contributed by atoms with van der Waals surface area (Å²) in [6, 6.07) is 11.0. The van der Waals surface area contributed by atoms with Crippen molar-refractivity contribution in [1.82, 2.24) is 30.3 Å². The van der Waals surface area contributed by atoms with E-state index in [9.17, 15) is 0 Å². The van der Waals surface area contributed by atoms with Gasteiger partial charge in [-0.15, -0.1) is 10.2 Å². The van der Waals surface area contributed by atoms with Gasteiger partial charge in [0, 0.05) is 51.5 Å². The predicted octanol–water partition coefficient (Wildman–Crippen LogP) is 1.16. The van der Waals surface area contributed by atoms with E-state index < -0.39 is 0 Å². The van der Waals surface area contributed by atoms with E-state index in [1.807, 2.05) is 18.5 Å². The Labute approximate surface area is 190 Å². The SMILES string of the molecule is Cc1nnc(CN=C(NCCCN2CCOCC2)NC2CCN(c3ccccc3)C2)n1C. The van der Waals surface area contributed by atoms with Gasteiger partial charge in [0.15, 0.2) is 11.8 Å². The van der Waals surface area contributed by atoms with Crippen LogP contribution in [0.15, 0.2) is 35.3 Å². The molecule has 2 fully saturated rings. The second-order valence-electron chi connectivity index (χ2n) is 8.53. The number of hydrogen-bond acceptors (Lipinski definition) is 6. The summed E-state index contributed by atoms with van der Waals surface area (Å²) in [6.45, 7) is 10.2. The van der Waals surface area contributed by atoms with Gasteiger partial charge in [0.05, 0.1) is 13.2 Å². The lowest BCUT2D eigenvalue weighted by atomic mass is 10.2. The zero-order valence-corrected chi connectivity index (χ0v) is 19.3. The summed E-state index contributed by atoms with van der Waals surface area (Å²) < 4.78 is 7.43. The van der Waals surface area contributed by atoms with Gasteiger partial charge in [-0.05, 0) is 38.4 Å². The number of para-hydroxylation sites is 1. The van der Waals surface area contributed by atoms with Crippen LogP contribution in [0.25, 0.3) is 0 Å². The number of nitrogens with one attached hydrogen (secondary N) is 2. The zero-order valence-electron chi connectivity index (χ0n) is 19.3. The van der Waals surface area contributed by atoms with Crippen molar-refractivity contribution in [3.8, 4) is 0 Å². The molecule has 1 aromatic heterocycles. The van der Waals surface area contributed by atoms with Crippen LogP contribution in [-0.2, 0) is 18.3 Å². The summed E-state index contributed by atoms with van der Waals surface area (Å²) in [5.74, 6) is 2.62. The van der Waals surface area contributed by atoms with E-state index in [-0.39, 0.29) is 0 Å². The Balaban J connectivity index is 1.32. The first-order chi connectivity index (χ1) is 15.7. The minimum atomic E-state index is 0.363. The van der Waals surface area contributed by atoms with Gasteiger partial charge in [-0.2, -0.15) is 0 Å². The second kappa shape index (κ2) is 11.3. The van der Waals surface area contributed by atoms with Crippen molar-refractivity contribution in [2.45, 2.75) is 32.4 Å². The zero-order chi connectivity index (χ0) is 22.2. The number of nitrogens with zero attached hydrogens (tertiary/aromatic N) is 6. The van der Waals surface area contributed by atoms with Gasteiger partial charge in [-0.1, -0.05) is 18.2 Å². The predicted molar refractivity (Wildman–Crippen MR) is 127 cm³/mol. The Morgan fingerprint density at radius 2 is 1.97 bits per heavy atom. The first kappa shape index (κ1) is 22.5. The highest BCUT2D eigenvalue weighted by atomic mass is 16.5. The van der Waals surface area contributed by atoms with Crippen molar-refractivity contribution in [3.63, 3.8) is 0 Å². The van der Waals surface area contributed by atoms with Crippen LogP contribution < -0.4 is 15.5 Å². The van der Waals surface area contributed by atoms with Crippen LogP contribution in [0.1, 0.15) is 24.5 Å². The number of aryl methyl sites for hydroxylation is 1. The van der Waals surface area contributed by atoms with Crippen LogP contribution in [0, 0.1) is 6.92 Å². The summed E-state index contributed by atoms with van der Waals surface area (Å²) in [6.07, 6.45) is 2.16. The largest absolute Gasteiger partial charge is 0.379 e. The third-order valence-electron chi connectivity index (χ3n) is 6.26. The van der Waals surface area contributed by atoms with Crippen LogP contribution in [0.2, 0.25) is 0 Å². The van der Waals surface area contributed by atoms with Gasteiger partial charge in [0.2, 0.25) is 0 Å². The number of morpholine rings is 1. The van der Waals surface area contributed by atoms with E-state index in [1.54, 1.807) is 0 Å². The maximum Gasteiger partial charge on any atom is 0.191 e. The molecule has 2 aliphatic heterocycles. The molecule has 1 aromatic carbocycles. The third-order valence-corrected chi connectivity index (χ3v) is 6.26. The number of guanidine groups is 1. The molecule has 2 N–H and O–H groups in total. The van der Waals surface area contributed by atoms with Gasteiger partial charge in [-0.25, -0.2) is 4.99 Å². The minimum Gasteiger partial charge on any atom is -0.379 e. The second-order valence-corrected chi connectivity index (χ2v) is 8.53. The minimum absolute atomic E-state index is 0.363.